The van der Waals surface area contributed by atoms with Crippen LogP contribution in [-0.4, -0.2) is 53.3 Å². The molecular weight excluding hydrogens is 218 g/mol. The Morgan fingerprint density at radius 1 is 1.35 bits per heavy atom. The van der Waals surface area contributed by atoms with Crippen molar-refractivity contribution in [1.82, 2.24) is 9.80 Å². The molecule has 0 saturated carbocycles. The molecule has 5 nitrogen and oxygen atoms in total. The molecule has 1 atom stereocenters. The lowest BCUT2D eigenvalue weighted by molar-refractivity contribution is -0.158. The largest absolute Gasteiger partial charge is 0.342 e. The Bertz CT molecular complexity index is 326. The number of carbonyl (C=O) groups excluding carboxylic acids is 2. The monoisotopic (exact) mass is 241 g/mol. The molecule has 0 aromatic heterocycles. The Kier molecular flexibility index (Phi) is 3.81. The zero-order chi connectivity index (χ0) is 13.4. The molecule has 0 bridgehead atoms. The van der Waals surface area contributed by atoms with Crippen LogP contribution in [0.15, 0.2) is 0 Å². The van der Waals surface area contributed by atoms with E-state index in [-0.39, 0.29) is 17.7 Å². The van der Waals surface area contributed by atoms with E-state index in [1.807, 2.05) is 13.8 Å². The number of piperazine rings is 1. The maximum absolute atomic E-state index is 12.2. The molecule has 2 N–H and O–H groups in total. The first-order valence-corrected chi connectivity index (χ1v) is 6.02. The first-order chi connectivity index (χ1) is 7.69. The van der Waals surface area contributed by atoms with Crippen LogP contribution in [0.4, 0.5) is 0 Å². The Balaban J connectivity index is 2.91. The lowest BCUT2D eigenvalue weighted by atomic mass is 9.94. The Morgan fingerprint density at radius 3 is 2.35 bits per heavy atom. The Hall–Kier alpha value is -1.10. The molecule has 0 radical (unpaired) electrons. The summed E-state index contributed by atoms with van der Waals surface area (Å²) in [7, 11) is 1.76. The van der Waals surface area contributed by atoms with Crippen LogP contribution >= 0.6 is 0 Å². The molecule has 1 aliphatic heterocycles. The average molecular weight is 241 g/mol. The predicted molar refractivity (Wildman–Crippen MR) is 66.2 cm³/mol. The first kappa shape index (κ1) is 14.0. The average Bonchev–Trinajstić information content (AvgIpc) is 2.24. The second-order valence-corrected chi connectivity index (χ2v) is 5.55. The van der Waals surface area contributed by atoms with Gasteiger partial charge in [-0.3, -0.25) is 9.59 Å². The second-order valence-electron chi connectivity index (χ2n) is 5.55. The van der Waals surface area contributed by atoms with Crippen molar-refractivity contribution in [3.05, 3.63) is 0 Å². The van der Waals surface area contributed by atoms with E-state index < -0.39 is 11.6 Å². The molecule has 2 amide bonds. The fourth-order valence-corrected chi connectivity index (χ4v) is 2.06. The number of hydrogen-bond donors (Lipinski definition) is 1. The summed E-state index contributed by atoms with van der Waals surface area (Å²) >= 11 is 0. The molecular formula is C12H23N3O2. The molecule has 17 heavy (non-hydrogen) atoms. The Labute approximate surface area is 103 Å². The maximum atomic E-state index is 12.2. The number of rotatable bonds is 2. The summed E-state index contributed by atoms with van der Waals surface area (Å²) in [5.41, 5.74) is 5.08. The van der Waals surface area contributed by atoms with Gasteiger partial charge in [-0.25, -0.2) is 0 Å². The first-order valence-electron chi connectivity index (χ1n) is 6.02. The lowest BCUT2D eigenvalue weighted by Gasteiger charge is -2.45. The minimum absolute atomic E-state index is 0.0342. The molecule has 0 aromatic rings. The summed E-state index contributed by atoms with van der Waals surface area (Å²) in [5.74, 6) is -0.0902. The second kappa shape index (κ2) is 4.64. The summed E-state index contributed by atoms with van der Waals surface area (Å²) < 4.78 is 0. The molecule has 1 fully saturated rings. The van der Waals surface area contributed by atoms with Gasteiger partial charge in [-0.1, -0.05) is 13.8 Å². The van der Waals surface area contributed by atoms with Crippen molar-refractivity contribution < 1.29 is 9.59 Å². The van der Waals surface area contributed by atoms with Gasteiger partial charge in [0.15, 0.2) is 0 Å². The van der Waals surface area contributed by atoms with Crippen LogP contribution in [0.3, 0.4) is 0 Å². The van der Waals surface area contributed by atoms with Crippen LogP contribution in [-0.2, 0) is 9.59 Å². The van der Waals surface area contributed by atoms with E-state index in [0.29, 0.717) is 13.1 Å². The van der Waals surface area contributed by atoms with Gasteiger partial charge in [0.2, 0.25) is 11.8 Å². The zero-order valence-electron chi connectivity index (χ0n) is 11.4. The van der Waals surface area contributed by atoms with Crippen LogP contribution in [0.5, 0.6) is 0 Å². The van der Waals surface area contributed by atoms with Gasteiger partial charge in [0, 0.05) is 20.1 Å². The number of carbonyl (C=O) groups is 2. The third-order valence-electron chi connectivity index (χ3n) is 3.47. The molecule has 98 valence electrons. The van der Waals surface area contributed by atoms with Gasteiger partial charge in [-0.05, 0) is 19.8 Å². The maximum Gasteiger partial charge on any atom is 0.247 e. The van der Waals surface area contributed by atoms with E-state index >= 15 is 0 Å². The summed E-state index contributed by atoms with van der Waals surface area (Å²) in [4.78, 5) is 27.6. The van der Waals surface area contributed by atoms with E-state index in [2.05, 4.69) is 0 Å². The fourth-order valence-electron chi connectivity index (χ4n) is 2.06. The van der Waals surface area contributed by atoms with Crippen molar-refractivity contribution in [3.63, 3.8) is 0 Å². The van der Waals surface area contributed by atoms with Gasteiger partial charge in [-0.2, -0.15) is 0 Å². The fraction of sp³-hybridized carbons (Fsp3) is 0.833. The number of hydrogen-bond acceptors (Lipinski definition) is 3. The van der Waals surface area contributed by atoms with Crippen LogP contribution in [0.1, 0.15) is 27.7 Å². The Morgan fingerprint density at radius 2 is 1.88 bits per heavy atom. The number of likely N-dealkylation sites (N-methyl/N-ethyl adjacent to an activating group) is 1. The quantitative estimate of drug-likeness (QED) is 0.743. The van der Waals surface area contributed by atoms with E-state index in [9.17, 15) is 9.59 Å². The van der Waals surface area contributed by atoms with Crippen molar-refractivity contribution in [2.45, 2.75) is 39.3 Å². The minimum atomic E-state index is -0.795. The standard InChI is InChI=1S/C12H23N3O2/c1-8(2)9(13)10(16)15-7-6-14(5)11(17)12(15,3)4/h8-9H,6-7,13H2,1-5H3. The smallest absolute Gasteiger partial charge is 0.247 e. The SMILES string of the molecule is CC(C)C(N)C(=O)N1CCN(C)C(=O)C1(C)C. The van der Waals surface area contributed by atoms with Crippen molar-refractivity contribution in [2.24, 2.45) is 11.7 Å². The van der Waals surface area contributed by atoms with Crippen LogP contribution in [0.25, 0.3) is 0 Å². The summed E-state index contributed by atoms with van der Waals surface area (Å²) in [6.45, 7) is 8.49. The molecule has 1 unspecified atom stereocenters. The third-order valence-corrected chi connectivity index (χ3v) is 3.47. The van der Waals surface area contributed by atoms with Gasteiger partial charge >= 0.3 is 0 Å². The van der Waals surface area contributed by atoms with Gasteiger partial charge in [0.25, 0.3) is 0 Å². The highest BCUT2D eigenvalue weighted by atomic mass is 16.2. The minimum Gasteiger partial charge on any atom is -0.342 e. The normalized spacial score (nSPS) is 21.9. The van der Waals surface area contributed by atoms with Crippen LogP contribution in [0, 0.1) is 5.92 Å². The van der Waals surface area contributed by atoms with Gasteiger partial charge in [0.1, 0.15) is 5.54 Å². The van der Waals surface area contributed by atoms with Gasteiger partial charge in [-0.15, -0.1) is 0 Å². The molecule has 5 heteroatoms. The number of amides is 2. The van der Waals surface area contributed by atoms with E-state index in [0.717, 1.165) is 0 Å². The highest BCUT2D eigenvalue weighted by molar-refractivity contribution is 5.93. The van der Waals surface area contributed by atoms with Crippen molar-refractivity contribution >= 4 is 11.8 Å². The molecule has 0 aromatic carbocycles. The molecule has 1 rings (SSSR count). The molecule has 0 aliphatic carbocycles. The highest BCUT2D eigenvalue weighted by Crippen LogP contribution is 2.23. The van der Waals surface area contributed by atoms with Crippen molar-refractivity contribution in [2.75, 3.05) is 20.1 Å². The number of nitrogens with two attached hydrogens (primary N) is 1. The van der Waals surface area contributed by atoms with Crippen LogP contribution < -0.4 is 5.73 Å². The van der Waals surface area contributed by atoms with Crippen LogP contribution in [0.2, 0.25) is 0 Å². The molecule has 1 aliphatic rings. The summed E-state index contributed by atoms with van der Waals surface area (Å²) in [5, 5.41) is 0. The third kappa shape index (κ3) is 2.44. The van der Waals surface area contributed by atoms with Gasteiger partial charge in [0.05, 0.1) is 6.04 Å². The summed E-state index contributed by atoms with van der Waals surface area (Å²) in [6, 6.07) is -0.537. The van der Waals surface area contributed by atoms with E-state index in [1.165, 1.54) is 0 Å². The van der Waals surface area contributed by atoms with Gasteiger partial charge < -0.3 is 15.5 Å². The zero-order valence-corrected chi connectivity index (χ0v) is 11.4. The van der Waals surface area contributed by atoms with Crippen molar-refractivity contribution in [3.8, 4) is 0 Å². The molecule has 1 heterocycles. The van der Waals surface area contributed by atoms with Crippen molar-refractivity contribution in [1.29, 1.82) is 0 Å². The predicted octanol–water partition coefficient (Wildman–Crippen LogP) is 0.0489. The topological polar surface area (TPSA) is 66.6 Å². The summed E-state index contributed by atoms with van der Waals surface area (Å²) in [6.07, 6.45) is 0. The number of nitrogens with zero attached hydrogens (tertiary/aromatic N) is 2. The highest BCUT2D eigenvalue weighted by Gasteiger charge is 2.44. The lowest BCUT2D eigenvalue weighted by Crippen LogP contribution is -2.66. The van der Waals surface area contributed by atoms with E-state index in [4.69, 9.17) is 5.73 Å². The van der Waals surface area contributed by atoms with E-state index in [1.54, 1.807) is 30.7 Å². The molecule has 0 spiro atoms. The molecule has 1 saturated heterocycles.